The number of hydroxylamine groups is 2. The Morgan fingerprint density at radius 2 is 1.55 bits per heavy atom. The van der Waals surface area contributed by atoms with Crippen LogP contribution >= 0.6 is 0 Å². The van der Waals surface area contributed by atoms with Crippen molar-refractivity contribution in [1.82, 2.24) is 15.0 Å². The summed E-state index contributed by atoms with van der Waals surface area (Å²) in [6, 6.07) is 9.63. The minimum absolute atomic E-state index is 0.379. The van der Waals surface area contributed by atoms with E-state index in [9.17, 15) is 0 Å². The first-order valence-corrected chi connectivity index (χ1v) is 7.46. The molecule has 1 aliphatic rings. The van der Waals surface area contributed by atoms with Crippen molar-refractivity contribution in [3.05, 3.63) is 42.7 Å². The van der Waals surface area contributed by atoms with Crippen LogP contribution in [0, 0.1) is 0 Å². The van der Waals surface area contributed by atoms with E-state index in [1.54, 1.807) is 12.4 Å². The molecule has 0 atom stereocenters. The van der Waals surface area contributed by atoms with Crippen LogP contribution in [0.25, 0.3) is 0 Å². The van der Waals surface area contributed by atoms with Crippen molar-refractivity contribution in [2.24, 2.45) is 0 Å². The fraction of sp³-hybridized carbons (Fsp3) is 0.375. The van der Waals surface area contributed by atoms with Crippen LogP contribution in [0.4, 0.5) is 0 Å². The number of aromatic nitrogens is 2. The average Bonchev–Trinajstić information content (AvgIpc) is 3.07. The zero-order valence-electron chi connectivity index (χ0n) is 12.4. The maximum Gasteiger partial charge on any atom is 0.300 e. The van der Waals surface area contributed by atoms with Crippen molar-refractivity contribution in [3.63, 3.8) is 0 Å². The van der Waals surface area contributed by atoms with Gasteiger partial charge in [0.25, 0.3) is 5.88 Å². The molecule has 6 heteroatoms. The van der Waals surface area contributed by atoms with Crippen LogP contribution < -0.4 is 14.3 Å². The van der Waals surface area contributed by atoms with Crippen LogP contribution in [0.1, 0.15) is 12.8 Å². The van der Waals surface area contributed by atoms with Gasteiger partial charge in [-0.25, -0.2) is 9.97 Å². The van der Waals surface area contributed by atoms with Crippen molar-refractivity contribution in [2.75, 3.05) is 26.3 Å². The second-order valence-electron chi connectivity index (χ2n) is 4.90. The molecule has 1 aromatic carbocycles. The summed E-state index contributed by atoms with van der Waals surface area (Å²) in [5.41, 5.74) is 0. The summed E-state index contributed by atoms with van der Waals surface area (Å²) < 4.78 is 11.2. The number of para-hydroxylation sites is 1. The predicted molar refractivity (Wildman–Crippen MR) is 80.9 cm³/mol. The lowest BCUT2D eigenvalue weighted by Gasteiger charge is -2.16. The molecule has 0 saturated carbocycles. The molecule has 2 aromatic rings. The molecule has 0 radical (unpaired) electrons. The van der Waals surface area contributed by atoms with Crippen molar-refractivity contribution in [3.8, 4) is 17.5 Å². The summed E-state index contributed by atoms with van der Waals surface area (Å²) in [4.78, 5) is 14.1. The van der Waals surface area contributed by atoms with E-state index in [4.69, 9.17) is 14.3 Å². The minimum atomic E-state index is 0.379. The molecule has 6 nitrogen and oxygen atoms in total. The second kappa shape index (κ2) is 7.61. The Morgan fingerprint density at radius 3 is 2.32 bits per heavy atom. The Labute approximate surface area is 129 Å². The van der Waals surface area contributed by atoms with E-state index < -0.39 is 0 Å². The van der Waals surface area contributed by atoms with E-state index in [-0.39, 0.29) is 0 Å². The molecule has 1 aromatic heterocycles. The highest BCUT2D eigenvalue weighted by Gasteiger charge is 2.17. The summed E-state index contributed by atoms with van der Waals surface area (Å²) in [7, 11) is 0. The molecule has 3 rings (SSSR count). The average molecular weight is 301 g/mol. The quantitative estimate of drug-likeness (QED) is 0.732. The first-order chi connectivity index (χ1) is 10.9. The van der Waals surface area contributed by atoms with Crippen molar-refractivity contribution >= 4 is 0 Å². The van der Waals surface area contributed by atoms with Gasteiger partial charge >= 0.3 is 5.88 Å². The predicted octanol–water partition coefficient (Wildman–Crippen LogP) is 2.32. The second-order valence-corrected chi connectivity index (χ2v) is 4.90. The third kappa shape index (κ3) is 4.08. The van der Waals surface area contributed by atoms with Gasteiger partial charge in [-0.15, -0.1) is 5.06 Å². The summed E-state index contributed by atoms with van der Waals surface area (Å²) in [5.74, 6) is 1.62. The Bertz CT molecular complexity index is 574. The number of ether oxygens (including phenoxy) is 2. The van der Waals surface area contributed by atoms with E-state index in [0.29, 0.717) is 25.0 Å². The maximum atomic E-state index is 5.72. The zero-order chi connectivity index (χ0) is 15.0. The van der Waals surface area contributed by atoms with Crippen molar-refractivity contribution in [1.29, 1.82) is 0 Å². The van der Waals surface area contributed by atoms with Crippen LogP contribution in [0.3, 0.4) is 0 Å². The Balaban J connectivity index is 1.49. The highest BCUT2D eigenvalue weighted by molar-refractivity contribution is 5.24. The third-order valence-electron chi connectivity index (χ3n) is 3.25. The van der Waals surface area contributed by atoms with Gasteiger partial charge in [0, 0.05) is 25.5 Å². The maximum absolute atomic E-state index is 5.72. The summed E-state index contributed by atoms with van der Waals surface area (Å²) in [6.45, 7) is 2.63. The van der Waals surface area contributed by atoms with Gasteiger partial charge in [-0.2, -0.15) is 0 Å². The third-order valence-corrected chi connectivity index (χ3v) is 3.25. The number of hydrogen-bond acceptors (Lipinski definition) is 6. The molecule has 22 heavy (non-hydrogen) atoms. The van der Waals surface area contributed by atoms with Crippen molar-refractivity contribution < 1.29 is 14.3 Å². The number of benzene rings is 1. The molecule has 0 aliphatic carbocycles. The molecule has 2 heterocycles. The molecule has 116 valence electrons. The Kier molecular flexibility index (Phi) is 5.04. The molecule has 1 saturated heterocycles. The van der Waals surface area contributed by atoms with Gasteiger partial charge < -0.3 is 14.3 Å². The van der Waals surface area contributed by atoms with E-state index >= 15 is 0 Å². The van der Waals surface area contributed by atoms with Gasteiger partial charge in [-0.05, 0) is 25.0 Å². The number of nitrogens with zero attached hydrogens (tertiary/aromatic N) is 3. The topological polar surface area (TPSA) is 56.7 Å². The fourth-order valence-corrected chi connectivity index (χ4v) is 2.19. The summed E-state index contributed by atoms with van der Waals surface area (Å²) in [5, 5.41) is 1.89. The van der Waals surface area contributed by atoms with E-state index in [2.05, 4.69) is 9.97 Å². The molecular weight excluding hydrogens is 282 g/mol. The lowest BCUT2D eigenvalue weighted by molar-refractivity contribution is -0.0427. The fourth-order valence-electron chi connectivity index (χ4n) is 2.19. The van der Waals surface area contributed by atoms with E-state index in [1.807, 2.05) is 35.4 Å². The smallest absolute Gasteiger partial charge is 0.300 e. The zero-order valence-corrected chi connectivity index (χ0v) is 12.4. The number of hydrogen-bond donors (Lipinski definition) is 0. The van der Waals surface area contributed by atoms with Crippen molar-refractivity contribution in [2.45, 2.75) is 12.8 Å². The SMILES string of the molecule is c1ccc(OCCOc2nccnc2ON2CCCC2)cc1. The highest BCUT2D eigenvalue weighted by Crippen LogP contribution is 2.22. The van der Waals surface area contributed by atoms with Gasteiger partial charge in [-0.3, -0.25) is 0 Å². The van der Waals surface area contributed by atoms with Gasteiger partial charge in [0.15, 0.2) is 0 Å². The lowest BCUT2D eigenvalue weighted by atomic mass is 10.3. The van der Waals surface area contributed by atoms with Gasteiger partial charge in [-0.1, -0.05) is 18.2 Å². The molecular formula is C16H19N3O3. The first-order valence-electron chi connectivity index (χ1n) is 7.46. The molecule has 0 unspecified atom stereocenters. The molecule has 0 N–H and O–H groups in total. The molecule has 0 spiro atoms. The van der Waals surface area contributed by atoms with Crippen LogP contribution in [-0.2, 0) is 0 Å². The van der Waals surface area contributed by atoms with Crippen LogP contribution in [0.15, 0.2) is 42.7 Å². The Morgan fingerprint density at radius 1 is 0.864 bits per heavy atom. The van der Waals surface area contributed by atoms with Gasteiger partial charge in [0.1, 0.15) is 19.0 Å². The van der Waals surface area contributed by atoms with Gasteiger partial charge in [0.2, 0.25) is 0 Å². The number of rotatable bonds is 7. The summed E-state index contributed by atoms with van der Waals surface area (Å²) in [6.07, 6.45) is 5.46. The molecule has 0 bridgehead atoms. The lowest BCUT2D eigenvalue weighted by Crippen LogP contribution is -2.24. The van der Waals surface area contributed by atoms with Crippen LogP contribution in [0.5, 0.6) is 17.5 Å². The molecule has 1 fully saturated rings. The monoisotopic (exact) mass is 301 g/mol. The minimum Gasteiger partial charge on any atom is -0.490 e. The van der Waals surface area contributed by atoms with Crippen LogP contribution in [-0.4, -0.2) is 41.3 Å². The molecule has 0 amide bonds. The van der Waals surface area contributed by atoms with E-state index in [0.717, 1.165) is 31.7 Å². The largest absolute Gasteiger partial charge is 0.490 e. The Hall–Kier alpha value is -2.34. The first kappa shape index (κ1) is 14.6. The molecule has 1 aliphatic heterocycles. The van der Waals surface area contributed by atoms with Crippen LogP contribution in [0.2, 0.25) is 0 Å². The standard InChI is InChI=1S/C16H19N3O3/c1-2-6-14(7-3-1)20-12-13-21-15-16(18-9-8-17-15)22-19-10-4-5-11-19/h1-3,6-9H,4-5,10-13H2. The summed E-state index contributed by atoms with van der Waals surface area (Å²) >= 11 is 0. The van der Waals surface area contributed by atoms with E-state index in [1.165, 1.54) is 0 Å². The normalized spacial score (nSPS) is 14.7. The van der Waals surface area contributed by atoms with Gasteiger partial charge in [0.05, 0.1) is 0 Å². The highest BCUT2D eigenvalue weighted by atomic mass is 16.7.